The Labute approximate surface area is 49.6 Å². The molecule has 0 fully saturated rings. The molecular weight excluding hydrogens is 100 g/mol. The predicted octanol–water partition coefficient (Wildman–Crippen LogP) is 1.64. The van der Waals surface area contributed by atoms with Gasteiger partial charge in [0.25, 0.3) is 0 Å². The number of hydrogen-bond donors (Lipinski definition) is 0. The Morgan fingerprint density at radius 2 is 2.25 bits per heavy atom. The summed E-state index contributed by atoms with van der Waals surface area (Å²) in [5.41, 5.74) is 1.09. The SMILES string of the molecule is C=N/N=C\C(C)=C/C. The highest BCUT2D eigenvalue weighted by Gasteiger charge is 1.73. The van der Waals surface area contributed by atoms with Crippen molar-refractivity contribution in [3.05, 3.63) is 11.6 Å². The van der Waals surface area contributed by atoms with Crippen LogP contribution in [-0.2, 0) is 0 Å². The molecule has 0 aliphatic carbocycles. The zero-order chi connectivity index (χ0) is 6.41. The molecule has 2 nitrogen and oxygen atoms in total. The second-order valence-corrected chi connectivity index (χ2v) is 1.42. The third kappa shape index (κ3) is 3.28. The van der Waals surface area contributed by atoms with E-state index < -0.39 is 0 Å². The Balaban J connectivity index is 3.69. The highest BCUT2D eigenvalue weighted by atomic mass is 15.2. The van der Waals surface area contributed by atoms with E-state index in [9.17, 15) is 0 Å². The van der Waals surface area contributed by atoms with Crippen molar-refractivity contribution in [3.63, 3.8) is 0 Å². The highest BCUT2D eigenvalue weighted by molar-refractivity contribution is 5.77. The Hall–Kier alpha value is -0.920. The van der Waals surface area contributed by atoms with Crippen LogP contribution in [0.15, 0.2) is 21.9 Å². The van der Waals surface area contributed by atoms with Crippen LogP contribution in [0.1, 0.15) is 13.8 Å². The molecule has 0 aromatic heterocycles. The summed E-state index contributed by atoms with van der Waals surface area (Å²) in [7, 11) is 0. The molecule has 0 saturated carbocycles. The molecule has 44 valence electrons. The minimum absolute atomic E-state index is 1.09. The third-order valence-electron chi connectivity index (χ3n) is 0.798. The minimum Gasteiger partial charge on any atom is -0.167 e. The fraction of sp³-hybridized carbons (Fsp3) is 0.333. The first-order valence-electron chi connectivity index (χ1n) is 2.43. The van der Waals surface area contributed by atoms with E-state index in [1.165, 1.54) is 0 Å². The largest absolute Gasteiger partial charge is 0.167 e. The smallest absolute Gasteiger partial charge is 0.0521 e. The van der Waals surface area contributed by atoms with Gasteiger partial charge in [0.1, 0.15) is 0 Å². The first kappa shape index (κ1) is 7.08. The lowest BCUT2D eigenvalue weighted by atomic mass is 10.3. The molecular formula is C6H10N2. The molecule has 0 amide bonds. The van der Waals surface area contributed by atoms with Crippen LogP contribution in [0.2, 0.25) is 0 Å². The van der Waals surface area contributed by atoms with Gasteiger partial charge in [0, 0.05) is 6.72 Å². The first-order chi connectivity index (χ1) is 3.81. The maximum atomic E-state index is 3.56. The molecule has 0 heterocycles. The molecule has 0 N–H and O–H groups in total. The van der Waals surface area contributed by atoms with E-state index in [2.05, 4.69) is 16.9 Å². The van der Waals surface area contributed by atoms with Gasteiger partial charge in [-0.3, -0.25) is 0 Å². The lowest BCUT2D eigenvalue weighted by molar-refractivity contribution is 1.27. The molecule has 0 saturated heterocycles. The molecule has 0 radical (unpaired) electrons. The molecule has 0 bridgehead atoms. The standard InChI is InChI=1S/C6H10N2/c1-4-6(2)5-8-7-3/h4-5H,3H2,1-2H3/b6-4-,8-5-. The van der Waals surface area contributed by atoms with Crippen molar-refractivity contribution in [2.45, 2.75) is 13.8 Å². The fourth-order valence-corrected chi connectivity index (χ4v) is 0.206. The lowest BCUT2D eigenvalue weighted by Crippen LogP contribution is -1.72. The topological polar surface area (TPSA) is 24.7 Å². The van der Waals surface area contributed by atoms with Gasteiger partial charge in [-0.25, -0.2) is 0 Å². The van der Waals surface area contributed by atoms with Gasteiger partial charge in [-0.05, 0) is 19.4 Å². The Morgan fingerprint density at radius 1 is 1.62 bits per heavy atom. The maximum absolute atomic E-state index is 3.56. The second kappa shape index (κ2) is 4.24. The van der Waals surface area contributed by atoms with Gasteiger partial charge in [0.2, 0.25) is 0 Å². The molecule has 8 heavy (non-hydrogen) atoms. The van der Waals surface area contributed by atoms with Crippen molar-refractivity contribution in [2.24, 2.45) is 10.2 Å². The first-order valence-corrected chi connectivity index (χ1v) is 2.43. The van der Waals surface area contributed by atoms with E-state index in [-0.39, 0.29) is 0 Å². The summed E-state index contributed by atoms with van der Waals surface area (Å²) < 4.78 is 0. The van der Waals surface area contributed by atoms with Gasteiger partial charge in [-0.15, -0.1) is 0 Å². The molecule has 0 aliphatic heterocycles. The Bertz CT molecular complexity index is 122. The summed E-state index contributed by atoms with van der Waals surface area (Å²) in [5.74, 6) is 0. The quantitative estimate of drug-likeness (QED) is 0.381. The Morgan fingerprint density at radius 3 is 2.62 bits per heavy atom. The van der Waals surface area contributed by atoms with Gasteiger partial charge in [0.15, 0.2) is 0 Å². The van der Waals surface area contributed by atoms with E-state index in [0.29, 0.717) is 0 Å². The van der Waals surface area contributed by atoms with Crippen molar-refractivity contribution in [1.29, 1.82) is 0 Å². The van der Waals surface area contributed by atoms with Gasteiger partial charge >= 0.3 is 0 Å². The van der Waals surface area contributed by atoms with E-state index in [0.717, 1.165) is 5.57 Å². The van der Waals surface area contributed by atoms with Crippen LogP contribution < -0.4 is 0 Å². The predicted molar refractivity (Wildman–Crippen MR) is 37.5 cm³/mol. The molecule has 0 spiro atoms. The zero-order valence-corrected chi connectivity index (χ0v) is 5.26. The summed E-state index contributed by atoms with van der Waals surface area (Å²) in [6.45, 7) is 7.09. The van der Waals surface area contributed by atoms with Gasteiger partial charge in [-0.2, -0.15) is 10.2 Å². The van der Waals surface area contributed by atoms with E-state index in [4.69, 9.17) is 0 Å². The summed E-state index contributed by atoms with van der Waals surface area (Å²) in [5, 5.41) is 6.87. The molecule has 2 heteroatoms. The molecule has 0 aromatic rings. The molecule has 0 rings (SSSR count). The summed E-state index contributed by atoms with van der Waals surface area (Å²) in [6, 6.07) is 0. The van der Waals surface area contributed by atoms with Crippen LogP contribution in [-0.4, -0.2) is 12.9 Å². The highest BCUT2D eigenvalue weighted by Crippen LogP contribution is 1.84. The van der Waals surface area contributed by atoms with Crippen molar-refractivity contribution in [2.75, 3.05) is 0 Å². The van der Waals surface area contributed by atoms with Crippen LogP contribution >= 0.6 is 0 Å². The summed E-state index contributed by atoms with van der Waals surface area (Å²) >= 11 is 0. The fourth-order valence-electron chi connectivity index (χ4n) is 0.206. The van der Waals surface area contributed by atoms with E-state index in [1.54, 1.807) is 6.21 Å². The normalized spacial score (nSPS) is 12.5. The molecule has 0 aromatic carbocycles. The van der Waals surface area contributed by atoms with Crippen molar-refractivity contribution in [1.82, 2.24) is 0 Å². The van der Waals surface area contributed by atoms with Crippen LogP contribution in [0.3, 0.4) is 0 Å². The van der Waals surface area contributed by atoms with Crippen LogP contribution in [0.4, 0.5) is 0 Å². The number of allylic oxidation sites excluding steroid dienone is 2. The monoisotopic (exact) mass is 110 g/mol. The number of nitrogens with zero attached hydrogens (tertiary/aromatic N) is 2. The average Bonchev–Trinajstić information content (AvgIpc) is 1.83. The minimum atomic E-state index is 1.09. The third-order valence-corrected chi connectivity index (χ3v) is 0.798. The van der Waals surface area contributed by atoms with E-state index in [1.807, 2.05) is 19.9 Å². The van der Waals surface area contributed by atoms with Crippen LogP contribution in [0, 0.1) is 0 Å². The number of hydrogen-bond acceptors (Lipinski definition) is 2. The summed E-state index contributed by atoms with van der Waals surface area (Å²) in [6.07, 6.45) is 3.61. The zero-order valence-electron chi connectivity index (χ0n) is 5.26. The Kier molecular flexibility index (Phi) is 3.76. The van der Waals surface area contributed by atoms with Gasteiger partial charge in [0.05, 0.1) is 6.21 Å². The van der Waals surface area contributed by atoms with Crippen molar-refractivity contribution >= 4 is 12.9 Å². The second-order valence-electron chi connectivity index (χ2n) is 1.42. The summed E-state index contributed by atoms with van der Waals surface area (Å²) in [4.78, 5) is 0. The number of rotatable bonds is 2. The molecule has 0 unspecified atom stereocenters. The lowest BCUT2D eigenvalue weighted by Gasteiger charge is -1.80. The van der Waals surface area contributed by atoms with E-state index >= 15 is 0 Å². The van der Waals surface area contributed by atoms with Crippen molar-refractivity contribution in [3.8, 4) is 0 Å². The van der Waals surface area contributed by atoms with Gasteiger partial charge < -0.3 is 0 Å². The van der Waals surface area contributed by atoms with Crippen molar-refractivity contribution < 1.29 is 0 Å². The molecule has 0 atom stereocenters. The van der Waals surface area contributed by atoms with Crippen LogP contribution in [0.25, 0.3) is 0 Å². The molecule has 0 aliphatic rings. The average molecular weight is 110 g/mol. The maximum Gasteiger partial charge on any atom is 0.0521 e. The van der Waals surface area contributed by atoms with Gasteiger partial charge in [-0.1, -0.05) is 6.08 Å². The van der Waals surface area contributed by atoms with Crippen LogP contribution in [0.5, 0.6) is 0 Å².